The van der Waals surface area contributed by atoms with E-state index in [9.17, 15) is 9.59 Å². The summed E-state index contributed by atoms with van der Waals surface area (Å²) in [5.74, 6) is 0.347. The monoisotopic (exact) mass is 417 g/mol. The Kier molecular flexibility index (Phi) is 7.27. The highest BCUT2D eigenvalue weighted by atomic mass is 16.5. The van der Waals surface area contributed by atoms with Crippen molar-refractivity contribution in [1.82, 2.24) is 10.2 Å². The highest BCUT2D eigenvalue weighted by Gasteiger charge is 2.24. The SMILES string of the molecule is Cc1ccc(NC(=O)NC(C(=O)N(C)C)c2ccccc2)c(OCc2ccccc2)c1. The van der Waals surface area contributed by atoms with Crippen molar-refractivity contribution in [2.45, 2.75) is 19.6 Å². The number of aryl methyl sites for hydroxylation is 1. The van der Waals surface area contributed by atoms with Gasteiger partial charge in [0.25, 0.3) is 0 Å². The number of benzene rings is 3. The number of nitrogens with one attached hydrogen (secondary N) is 2. The quantitative estimate of drug-likeness (QED) is 0.594. The smallest absolute Gasteiger partial charge is 0.320 e. The highest BCUT2D eigenvalue weighted by molar-refractivity contribution is 5.95. The van der Waals surface area contributed by atoms with Crippen LogP contribution in [0.25, 0.3) is 0 Å². The lowest BCUT2D eigenvalue weighted by Gasteiger charge is -2.22. The van der Waals surface area contributed by atoms with Gasteiger partial charge in [-0.15, -0.1) is 0 Å². The summed E-state index contributed by atoms with van der Waals surface area (Å²) in [6.07, 6.45) is 0. The van der Waals surface area contributed by atoms with Crippen LogP contribution in [0.15, 0.2) is 78.9 Å². The third-order valence-electron chi connectivity index (χ3n) is 4.72. The molecule has 0 aliphatic rings. The van der Waals surface area contributed by atoms with Gasteiger partial charge in [0.1, 0.15) is 18.4 Å². The van der Waals surface area contributed by atoms with Gasteiger partial charge in [0.05, 0.1) is 5.69 Å². The molecule has 0 spiro atoms. The number of nitrogens with zero attached hydrogens (tertiary/aromatic N) is 1. The summed E-state index contributed by atoms with van der Waals surface area (Å²) in [7, 11) is 3.32. The van der Waals surface area contributed by atoms with E-state index in [1.807, 2.05) is 79.7 Å². The van der Waals surface area contributed by atoms with Crippen molar-refractivity contribution in [2.24, 2.45) is 0 Å². The molecule has 0 aliphatic heterocycles. The first-order chi connectivity index (χ1) is 14.9. The molecule has 3 amide bonds. The minimum absolute atomic E-state index is 0.217. The Hall–Kier alpha value is -3.80. The molecule has 0 aliphatic carbocycles. The number of ether oxygens (including phenoxy) is 1. The van der Waals surface area contributed by atoms with Gasteiger partial charge in [-0.3, -0.25) is 4.79 Å². The molecular weight excluding hydrogens is 390 g/mol. The maximum atomic E-state index is 12.8. The number of likely N-dealkylation sites (N-methyl/N-ethyl adjacent to an activating group) is 1. The van der Waals surface area contributed by atoms with Gasteiger partial charge in [-0.25, -0.2) is 4.79 Å². The molecule has 0 saturated heterocycles. The molecule has 0 bridgehead atoms. The van der Waals surface area contributed by atoms with E-state index < -0.39 is 12.1 Å². The fraction of sp³-hybridized carbons (Fsp3) is 0.200. The number of carbonyl (C=O) groups is 2. The first-order valence-corrected chi connectivity index (χ1v) is 10.0. The Morgan fingerprint density at radius 1 is 0.935 bits per heavy atom. The zero-order chi connectivity index (χ0) is 22.2. The summed E-state index contributed by atoms with van der Waals surface area (Å²) in [5, 5.41) is 5.60. The predicted molar refractivity (Wildman–Crippen MR) is 122 cm³/mol. The van der Waals surface area contributed by atoms with Crippen LogP contribution in [-0.2, 0) is 11.4 Å². The molecular formula is C25H27N3O3. The first-order valence-electron chi connectivity index (χ1n) is 10.0. The minimum atomic E-state index is -0.796. The number of hydrogen-bond acceptors (Lipinski definition) is 3. The number of urea groups is 1. The fourth-order valence-electron chi connectivity index (χ4n) is 3.07. The summed E-state index contributed by atoms with van der Waals surface area (Å²) in [6, 6.07) is 23.2. The van der Waals surface area contributed by atoms with Crippen LogP contribution in [-0.4, -0.2) is 30.9 Å². The van der Waals surface area contributed by atoms with Crippen LogP contribution in [0, 0.1) is 6.92 Å². The molecule has 6 nitrogen and oxygen atoms in total. The predicted octanol–water partition coefficient (Wildman–Crippen LogP) is 4.53. The van der Waals surface area contributed by atoms with Crippen LogP contribution >= 0.6 is 0 Å². The summed E-state index contributed by atoms with van der Waals surface area (Å²) >= 11 is 0. The van der Waals surface area contributed by atoms with Gasteiger partial charge >= 0.3 is 6.03 Å². The Labute approximate surface area is 182 Å². The Morgan fingerprint density at radius 3 is 2.23 bits per heavy atom. The molecule has 1 unspecified atom stereocenters. The number of rotatable bonds is 7. The van der Waals surface area contributed by atoms with Gasteiger partial charge in [-0.2, -0.15) is 0 Å². The van der Waals surface area contributed by atoms with Gasteiger partial charge in [0.15, 0.2) is 0 Å². The van der Waals surface area contributed by atoms with Gasteiger partial charge in [-0.1, -0.05) is 66.7 Å². The van der Waals surface area contributed by atoms with E-state index in [0.29, 0.717) is 23.6 Å². The molecule has 3 aromatic carbocycles. The van der Waals surface area contributed by atoms with E-state index in [0.717, 1.165) is 11.1 Å². The Morgan fingerprint density at radius 2 is 1.58 bits per heavy atom. The van der Waals surface area contributed by atoms with Crippen molar-refractivity contribution in [3.63, 3.8) is 0 Å². The van der Waals surface area contributed by atoms with E-state index in [1.165, 1.54) is 4.90 Å². The molecule has 2 N–H and O–H groups in total. The fourth-order valence-corrected chi connectivity index (χ4v) is 3.07. The number of carbonyl (C=O) groups excluding carboxylic acids is 2. The molecule has 3 aromatic rings. The minimum Gasteiger partial charge on any atom is -0.487 e. The molecule has 0 heterocycles. The Bertz CT molecular complexity index is 1020. The van der Waals surface area contributed by atoms with E-state index in [-0.39, 0.29) is 5.91 Å². The maximum Gasteiger partial charge on any atom is 0.320 e. The normalized spacial score (nSPS) is 11.3. The molecule has 0 fully saturated rings. The van der Waals surface area contributed by atoms with Crippen LogP contribution in [0.5, 0.6) is 5.75 Å². The Balaban J connectivity index is 1.75. The molecule has 160 valence electrons. The third-order valence-corrected chi connectivity index (χ3v) is 4.72. The van der Waals surface area contributed by atoms with Crippen molar-refractivity contribution in [3.8, 4) is 5.75 Å². The third kappa shape index (κ3) is 6.09. The molecule has 0 saturated carbocycles. The lowest BCUT2D eigenvalue weighted by Crippen LogP contribution is -2.41. The standard InChI is InChI=1S/C25H27N3O3/c1-18-14-15-21(22(16-18)31-17-19-10-6-4-7-11-19)26-25(30)27-23(24(29)28(2)3)20-12-8-5-9-13-20/h4-16,23H,17H2,1-3H3,(H2,26,27,30). The van der Waals surface area contributed by atoms with Crippen molar-refractivity contribution in [2.75, 3.05) is 19.4 Å². The molecule has 1 atom stereocenters. The van der Waals surface area contributed by atoms with Crippen molar-refractivity contribution < 1.29 is 14.3 Å². The van der Waals surface area contributed by atoms with E-state index in [1.54, 1.807) is 20.2 Å². The van der Waals surface area contributed by atoms with Crippen molar-refractivity contribution >= 4 is 17.6 Å². The second kappa shape index (κ2) is 10.3. The van der Waals surface area contributed by atoms with Gasteiger partial charge < -0.3 is 20.3 Å². The van der Waals surface area contributed by atoms with Crippen molar-refractivity contribution in [1.29, 1.82) is 0 Å². The second-order valence-electron chi connectivity index (χ2n) is 7.45. The zero-order valence-electron chi connectivity index (χ0n) is 18.0. The summed E-state index contributed by atoms with van der Waals surface area (Å²) < 4.78 is 5.96. The maximum absolute atomic E-state index is 12.8. The lowest BCUT2D eigenvalue weighted by atomic mass is 10.1. The van der Waals surface area contributed by atoms with E-state index in [2.05, 4.69) is 10.6 Å². The van der Waals surface area contributed by atoms with Crippen LogP contribution < -0.4 is 15.4 Å². The van der Waals surface area contributed by atoms with Crippen molar-refractivity contribution in [3.05, 3.63) is 95.6 Å². The van der Waals surface area contributed by atoms with Gasteiger partial charge in [0.2, 0.25) is 5.91 Å². The number of hydrogen-bond donors (Lipinski definition) is 2. The topological polar surface area (TPSA) is 70.7 Å². The zero-order valence-corrected chi connectivity index (χ0v) is 18.0. The summed E-state index contributed by atoms with van der Waals surface area (Å²) in [5.41, 5.74) is 3.28. The average Bonchev–Trinajstić information content (AvgIpc) is 2.78. The van der Waals surface area contributed by atoms with Gasteiger partial charge in [-0.05, 0) is 35.7 Å². The molecule has 31 heavy (non-hydrogen) atoms. The largest absolute Gasteiger partial charge is 0.487 e. The second-order valence-corrected chi connectivity index (χ2v) is 7.45. The molecule has 3 rings (SSSR count). The number of amides is 3. The summed E-state index contributed by atoms with van der Waals surface area (Å²) in [6.45, 7) is 2.34. The molecule has 6 heteroatoms. The highest BCUT2D eigenvalue weighted by Crippen LogP contribution is 2.27. The molecule has 0 radical (unpaired) electrons. The van der Waals surface area contributed by atoms with E-state index in [4.69, 9.17) is 4.74 Å². The van der Waals surface area contributed by atoms with Crippen LogP contribution in [0.1, 0.15) is 22.7 Å². The average molecular weight is 418 g/mol. The van der Waals surface area contributed by atoms with Crippen LogP contribution in [0.4, 0.5) is 10.5 Å². The van der Waals surface area contributed by atoms with Gasteiger partial charge in [0, 0.05) is 14.1 Å². The number of anilines is 1. The summed E-state index contributed by atoms with van der Waals surface area (Å²) in [4.78, 5) is 26.9. The lowest BCUT2D eigenvalue weighted by molar-refractivity contribution is -0.130. The van der Waals surface area contributed by atoms with Crippen LogP contribution in [0.2, 0.25) is 0 Å². The first kappa shape index (κ1) is 21.9. The van der Waals surface area contributed by atoms with E-state index >= 15 is 0 Å². The molecule has 0 aromatic heterocycles. The van der Waals surface area contributed by atoms with Crippen LogP contribution in [0.3, 0.4) is 0 Å².